The van der Waals surface area contributed by atoms with Crippen LogP contribution < -0.4 is 15.8 Å². The number of nitrogens with zero attached hydrogens (tertiary/aromatic N) is 3. The number of methoxy groups -OCH3 is 1. The quantitative estimate of drug-likeness (QED) is 0.0672. The monoisotopic (exact) mass is 713 g/mol. The molecule has 0 saturated carbocycles. The molecular formula is C37H36FN5O7S. The van der Waals surface area contributed by atoms with Crippen molar-refractivity contribution in [2.45, 2.75) is 39.3 Å². The molecule has 2 amide bonds. The maximum atomic E-state index is 14.6. The maximum Gasteiger partial charge on any atom is 0.410 e. The number of hydrogen-bond donors (Lipinski definition) is 2. The molecule has 264 valence electrons. The molecule has 5 aromatic rings. The summed E-state index contributed by atoms with van der Waals surface area (Å²) in [6.07, 6.45) is 0.214. The van der Waals surface area contributed by atoms with Crippen LogP contribution in [0.1, 0.15) is 42.4 Å². The number of amides is 2. The standard InChI is InChI=1S/C37H36FN5O7S/c1-37(2,3)50-36(45)42-13-11-21-17-22(5-6-23(21)20-42)32-27-12-16-51-34(27)31(26-9-7-24(38)18-30(26)49-15-14-48-4)33(41-32)35(44)40-29-19-25(43(46)47)8-10-28(29)39/h5-10,12,16-19H,11,13-15,20,39H2,1-4H3,(H,40,44). The van der Waals surface area contributed by atoms with E-state index >= 15 is 0 Å². The van der Waals surface area contributed by atoms with Gasteiger partial charge in [-0.1, -0.05) is 12.1 Å². The normalized spacial score (nSPS) is 12.8. The number of non-ortho nitro benzene ring substituents is 1. The first-order chi connectivity index (χ1) is 24.3. The molecule has 6 rings (SSSR count). The van der Waals surface area contributed by atoms with Gasteiger partial charge in [-0.05, 0) is 74.0 Å². The molecule has 0 fully saturated rings. The van der Waals surface area contributed by atoms with E-state index in [1.807, 2.05) is 50.4 Å². The molecule has 1 aliphatic heterocycles. The van der Waals surface area contributed by atoms with Crippen molar-refractivity contribution < 1.29 is 33.1 Å². The van der Waals surface area contributed by atoms with E-state index in [-0.39, 0.29) is 47.8 Å². The first-order valence-electron chi connectivity index (χ1n) is 16.1. The number of carbonyl (C=O) groups is 2. The minimum absolute atomic E-state index is 0.0251. The number of nitrogen functional groups attached to an aromatic ring is 1. The number of nitrogens with two attached hydrogens (primary N) is 1. The first kappa shape index (κ1) is 35.2. The second kappa shape index (κ2) is 14.3. The van der Waals surface area contributed by atoms with Gasteiger partial charge in [-0.3, -0.25) is 14.9 Å². The highest BCUT2D eigenvalue weighted by Crippen LogP contribution is 2.44. The second-order valence-electron chi connectivity index (χ2n) is 12.9. The van der Waals surface area contributed by atoms with E-state index in [0.717, 1.165) is 22.1 Å². The zero-order chi connectivity index (χ0) is 36.4. The van der Waals surface area contributed by atoms with Gasteiger partial charge in [-0.15, -0.1) is 11.3 Å². The number of benzene rings is 3. The number of fused-ring (bicyclic) bond motifs is 2. The Morgan fingerprint density at radius 3 is 2.63 bits per heavy atom. The third-order valence-electron chi connectivity index (χ3n) is 8.22. The van der Waals surface area contributed by atoms with Gasteiger partial charge in [0.05, 0.1) is 28.6 Å². The van der Waals surface area contributed by atoms with Crippen molar-refractivity contribution in [2.24, 2.45) is 0 Å². The minimum Gasteiger partial charge on any atom is -0.490 e. The van der Waals surface area contributed by atoms with E-state index in [1.165, 1.54) is 54.8 Å². The zero-order valence-electron chi connectivity index (χ0n) is 28.4. The van der Waals surface area contributed by atoms with Crippen LogP contribution in [-0.4, -0.2) is 59.3 Å². The summed E-state index contributed by atoms with van der Waals surface area (Å²) in [5.41, 5.74) is 9.47. The fourth-order valence-electron chi connectivity index (χ4n) is 5.85. The Morgan fingerprint density at radius 1 is 1.08 bits per heavy atom. The van der Waals surface area contributed by atoms with Gasteiger partial charge in [-0.2, -0.15) is 0 Å². The van der Waals surface area contributed by atoms with Gasteiger partial charge >= 0.3 is 6.09 Å². The number of carbonyl (C=O) groups excluding carboxylic acids is 2. The average molecular weight is 714 g/mol. The van der Waals surface area contributed by atoms with Crippen LogP contribution in [0.25, 0.3) is 32.5 Å². The van der Waals surface area contributed by atoms with Crippen LogP contribution in [0.15, 0.2) is 66.0 Å². The predicted molar refractivity (Wildman–Crippen MR) is 194 cm³/mol. The van der Waals surface area contributed by atoms with Gasteiger partial charge in [0.15, 0.2) is 0 Å². The van der Waals surface area contributed by atoms with Crippen molar-refractivity contribution in [3.8, 4) is 28.1 Å². The van der Waals surface area contributed by atoms with E-state index < -0.39 is 22.2 Å². The lowest BCUT2D eigenvalue weighted by molar-refractivity contribution is -0.384. The Balaban J connectivity index is 1.48. The molecule has 14 heteroatoms. The van der Waals surface area contributed by atoms with Crippen LogP contribution in [0, 0.1) is 15.9 Å². The second-order valence-corrected chi connectivity index (χ2v) is 13.9. The first-order valence-corrected chi connectivity index (χ1v) is 17.0. The molecule has 0 spiro atoms. The minimum atomic E-state index is -0.688. The van der Waals surface area contributed by atoms with Crippen LogP contribution in [-0.2, 0) is 22.4 Å². The molecule has 51 heavy (non-hydrogen) atoms. The summed E-state index contributed by atoms with van der Waals surface area (Å²) in [4.78, 5) is 44.6. The van der Waals surface area contributed by atoms with Gasteiger partial charge in [0.25, 0.3) is 11.6 Å². The molecule has 3 N–H and O–H groups in total. The molecule has 0 radical (unpaired) electrons. The molecule has 3 aromatic carbocycles. The van der Waals surface area contributed by atoms with Gasteiger partial charge < -0.3 is 30.2 Å². The van der Waals surface area contributed by atoms with E-state index in [4.69, 9.17) is 24.9 Å². The highest BCUT2D eigenvalue weighted by atomic mass is 32.1. The van der Waals surface area contributed by atoms with E-state index in [9.17, 15) is 24.1 Å². The Hall–Kier alpha value is -5.60. The van der Waals surface area contributed by atoms with E-state index in [2.05, 4.69) is 5.32 Å². The Morgan fingerprint density at radius 2 is 1.88 bits per heavy atom. The van der Waals surface area contributed by atoms with Gasteiger partial charge in [0.2, 0.25) is 0 Å². The topological polar surface area (TPSA) is 159 Å². The lowest BCUT2D eigenvalue weighted by Gasteiger charge is -2.31. The number of nitrogens with one attached hydrogen (secondary N) is 1. The third-order valence-corrected chi connectivity index (χ3v) is 9.15. The van der Waals surface area contributed by atoms with E-state index in [1.54, 1.807) is 4.90 Å². The van der Waals surface area contributed by atoms with Crippen molar-refractivity contribution in [1.82, 2.24) is 9.88 Å². The van der Waals surface area contributed by atoms with Crippen molar-refractivity contribution in [2.75, 3.05) is 37.9 Å². The van der Waals surface area contributed by atoms with E-state index in [0.29, 0.717) is 41.0 Å². The van der Waals surface area contributed by atoms with Crippen molar-refractivity contribution in [1.29, 1.82) is 0 Å². The average Bonchev–Trinajstić information content (AvgIpc) is 3.58. The summed E-state index contributed by atoms with van der Waals surface area (Å²) in [7, 11) is 1.52. The lowest BCUT2D eigenvalue weighted by Crippen LogP contribution is -2.39. The fourth-order valence-corrected chi connectivity index (χ4v) is 6.80. The molecule has 0 atom stereocenters. The third kappa shape index (κ3) is 7.61. The number of anilines is 2. The van der Waals surface area contributed by atoms with Gasteiger partial charge in [-0.25, -0.2) is 14.2 Å². The number of ether oxygens (including phenoxy) is 3. The molecule has 0 bridgehead atoms. The number of pyridine rings is 1. The molecule has 0 aliphatic carbocycles. The van der Waals surface area contributed by atoms with Crippen LogP contribution in [0.3, 0.4) is 0 Å². The Labute approximate surface area is 297 Å². The van der Waals surface area contributed by atoms with Gasteiger partial charge in [0, 0.05) is 65.2 Å². The number of halogens is 1. The number of thiophene rings is 1. The summed E-state index contributed by atoms with van der Waals surface area (Å²) in [6.45, 7) is 6.72. The summed E-state index contributed by atoms with van der Waals surface area (Å²) in [5, 5.41) is 16.9. The Bertz CT molecular complexity index is 2160. The molecule has 12 nitrogen and oxygen atoms in total. The maximum absolute atomic E-state index is 14.6. The number of aromatic nitrogens is 1. The summed E-state index contributed by atoms with van der Waals surface area (Å²) >= 11 is 1.38. The molecule has 1 aliphatic rings. The Kier molecular flexibility index (Phi) is 9.90. The number of hydrogen-bond acceptors (Lipinski definition) is 10. The number of nitro benzene ring substituents is 1. The number of nitro groups is 1. The van der Waals surface area contributed by atoms with Crippen LogP contribution in [0.4, 0.5) is 26.2 Å². The smallest absolute Gasteiger partial charge is 0.410 e. The predicted octanol–water partition coefficient (Wildman–Crippen LogP) is 7.83. The van der Waals surface area contributed by atoms with Gasteiger partial charge in [0.1, 0.15) is 29.5 Å². The van der Waals surface area contributed by atoms with Crippen LogP contribution in [0.5, 0.6) is 5.75 Å². The molecule has 3 heterocycles. The SMILES string of the molecule is COCCOc1cc(F)ccc1-c1c(C(=O)Nc2cc([N+](=O)[O-])ccc2N)nc(-c2ccc3c(c2)CCN(C(=O)OC(C)(C)C)C3)c2ccsc12. The largest absolute Gasteiger partial charge is 0.490 e. The zero-order valence-corrected chi connectivity index (χ0v) is 29.3. The van der Waals surface area contributed by atoms with Crippen LogP contribution in [0.2, 0.25) is 0 Å². The van der Waals surface area contributed by atoms with Crippen molar-refractivity contribution in [3.05, 3.63) is 98.8 Å². The summed E-state index contributed by atoms with van der Waals surface area (Å²) in [6, 6.07) is 15.6. The number of rotatable bonds is 9. The fraction of sp³-hybridized carbons (Fsp3) is 0.270. The molecular weight excluding hydrogens is 678 g/mol. The highest BCUT2D eigenvalue weighted by Gasteiger charge is 2.28. The molecule has 2 aromatic heterocycles. The van der Waals surface area contributed by atoms with Crippen molar-refractivity contribution >= 4 is 50.5 Å². The lowest BCUT2D eigenvalue weighted by atomic mass is 9.94. The molecule has 0 saturated heterocycles. The van der Waals surface area contributed by atoms with Crippen LogP contribution >= 0.6 is 11.3 Å². The highest BCUT2D eigenvalue weighted by molar-refractivity contribution is 7.18. The summed E-state index contributed by atoms with van der Waals surface area (Å²) in [5.74, 6) is -1.04. The van der Waals surface area contributed by atoms with Crippen molar-refractivity contribution in [3.63, 3.8) is 0 Å². The summed E-state index contributed by atoms with van der Waals surface area (Å²) < 4.78 is 31.9. The molecule has 0 unspecified atom stereocenters.